The number of halogens is 3. The maximum Gasteiger partial charge on any atom is 0.511 e. The van der Waals surface area contributed by atoms with E-state index in [0.29, 0.717) is 11.0 Å². The van der Waals surface area contributed by atoms with Gasteiger partial charge in [-0.15, -0.1) is 0 Å². The first-order chi connectivity index (χ1) is 14.1. The van der Waals surface area contributed by atoms with Crippen LogP contribution in [0.1, 0.15) is 0 Å². The van der Waals surface area contributed by atoms with Crippen LogP contribution in [0.5, 0.6) is 5.75 Å². The minimum absolute atomic E-state index is 0.0103. The van der Waals surface area contributed by atoms with Crippen molar-refractivity contribution in [3.63, 3.8) is 0 Å². The Morgan fingerprint density at radius 2 is 1.87 bits per heavy atom. The molecular formula is C17H9Cl3N4O5S. The van der Waals surface area contributed by atoms with Gasteiger partial charge in [-0.2, -0.15) is 5.10 Å². The topological polar surface area (TPSA) is 127 Å². The summed E-state index contributed by atoms with van der Waals surface area (Å²) in [5, 5.41) is 12.9. The molecule has 4 rings (SSSR count). The summed E-state index contributed by atoms with van der Waals surface area (Å²) in [6.45, 7) is 0. The Kier molecular flexibility index (Phi) is 5.10. The molecule has 0 aliphatic rings. The smallest absolute Gasteiger partial charge is 0.449 e. The molecular weight excluding hydrogens is 479 g/mol. The van der Waals surface area contributed by atoms with Crippen LogP contribution in [-0.4, -0.2) is 39.4 Å². The lowest BCUT2D eigenvalue weighted by molar-refractivity contribution is 0.144. The third-order valence-corrected chi connectivity index (χ3v) is 6.95. The van der Waals surface area contributed by atoms with Crippen LogP contribution in [0.25, 0.3) is 17.0 Å². The van der Waals surface area contributed by atoms with Crippen LogP contribution in [0.2, 0.25) is 15.1 Å². The van der Waals surface area contributed by atoms with Gasteiger partial charge >= 0.3 is 6.16 Å². The van der Waals surface area contributed by atoms with Crippen molar-refractivity contribution in [3.8, 4) is 11.7 Å². The zero-order chi connectivity index (χ0) is 21.6. The van der Waals surface area contributed by atoms with Gasteiger partial charge in [-0.3, -0.25) is 0 Å². The third kappa shape index (κ3) is 3.70. The summed E-state index contributed by atoms with van der Waals surface area (Å²) in [6.07, 6.45) is 0.998. The summed E-state index contributed by atoms with van der Waals surface area (Å²) in [5.74, 6) is 0.189. The molecule has 0 unspecified atom stereocenters. The molecule has 2 N–H and O–H groups in total. The molecule has 4 aromatic rings. The Balaban J connectivity index is 1.77. The lowest BCUT2D eigenvalue weighted by Crippen LogP contribution is -2.03. The first kappa shape index (κ1) is 20.5. The summed E-state index contributed by atoms with van der Waals surface area (Å²) in [6, 6.07) is 6.67. The molecule has 0 amide bonds. The molecule has 0 spiro atoms. The number of carboxylic acid groups (broad SMARTS) is 1. The average molecular weight is 488 g/mol. The molecule has 154 valence electrons. The number of benzene rings is 2. The number of sulfone groups is 1. The number of hydrogen-bond donors (Lipinski definition) is 2. The Bertz CT molecular complexity index is 1410. The van der Waals surface area contributed by atoms with Crippen LogP contribution in [0, 0.1) is 0 Å². The number of carbonyl (C=O) groups is 1. The van der Waals surface area contributed by atoms with Gasteiger partial charge in [-0.05, 0) is 30.3 Å². The zero-order valence-corrected chi connectivity index (χ0v) is 17.6. The monoisotopic (exact) mass is 486 g/mol. The van der Waals surface area contributed by atoms with Crippen molar-refractivity contribution < 1.29 is 23.1 Å². The van der Waals surface area contributed by atoms with E-state index < -0.39 is 16.0 Å². The minimum atomic E-state index is -4.00. The largest absolute Gasteiger partial charge is 0.511 e. The number of imidazole rings is 1. The van der Waals surface area contributed by atoms with Crippen molar-refractivity contribution in [2.45, 2.75) is 9.79 Å². The lowest BCUT2D eigenvalue weighted by atomic mass is 10.3. The summed E-state index contributed by atoms with van der Waals surface area (Å²) >= 11 is 18.0. The SMILES string of the molecule is O=C(O)Oc1cnn(-c2nc3cc(S(=O)(=O)c4ccc(Cl)c(Cl)c4)c(Cl)cc3[nH]2)c1. The highest BCUT2D eigenvalue weighted by atomic mass is 35.5. The van der Waals surface area contributed by atoms with Crippen molar-refractivity contribution in [3.05, 3.63) is 57.8 Å². The van der Waals surface area contributed by atoms with E-state index in [-0.39, 0.29) is 36.6 Å². The summed E-state index contributed by atoms with van der Waals surface area (Å²) in [7, 11) is -4.00. The molecule has 2 heterocycles. The van der Waals surface area contributed by atoms with Crippen LogP contribution in [0.15, 0.2) is 52.5 Å². The molecule has 0 saturated heterocycles. The molecule has 0 atom stereocenters. The van der Waals surface area contributed by atoms with Gasteiger partial charge in [0.15, 0.2) is 5.75 Å². The van der Waals surface area contributed by atoms with Crippen LogP contribution in [-0.2, 0) is 9.84 Å². The quantitative estimate of drug-likeness (QED) is 0.403. The van der Waals surface area contributed by atoms with Gasteiger partial charge < -0.3 is 14.8 Å². The van der Waals surface area contributed by atoms with Crippen molar-refractivity contribution >= 4 is 61.8 Å². The van der Waals surface area contributed by atoms with Crippen LogP contribution in [0.3, 0.4) is 0 Å². The number of aromatic amines is 1. The molecule has 2 aromatic heterocycles. The Labute approximate surface area is 183 Å². The van der Waals surface area contributed by atoms with Crippen LogP contribution < -0.4 is 4.74 Å². The van der Waals surface area contributed by atoms with Crippen molar-refractivity contribution in [1.82, 2.24) is 19.7 Å². The molecule has 0 aliphatic heterocycles. The van der Waals surface area contributed by atoms with Gasteiger partial charge in [0.25, 0.3) is 0 Å². The first-order valence-corrected chi connectivity index (χ1v) is 10.6. The van der Waals surface area contributed by atoms with Gasteiger partial charge in [-0.1, -0.05) is 34.8 Å². The maximum atomic E-state index is 13.0. The van der Waals surface area contributed by atoms with E-state index in [4.69, 9.17) is 39.9 Å². The Morgan fingerprint density at radius 3 is 2.57 bits per heavy atom. The number of nitrogens with zero attached hydrogens (tertiary/aromatic N) is 3. The van der Waals surface area contributed by atoms with Gasteiger partial charge in [0.05, 0.1) is 48.3 Å². The van der Waals surface area contributed by atoms with Crippen LogP contribution in [0.4, 0.5) is 4.79 Å². The maximum absolute atomic E-state index is 13.0. The number of nitrogens with one attached hydrogen (secondary N) is 1. The highest BCUT2D eigenvalue weighted by molar-refractivity contribution is 7.91. The zero-order valence-electron chi connectivity index (χ0n) is 14.5. The Hall–Kier alpha value is -2.79. The molecule has 2 aromatic carbocycles. The van der Waals surface area contributed by atoms with Gasteiger partial charge in [0, 0.05) is 0 Å². The second-order valence-electron chi connectivity index (χ2n) is 5.93. The highest BCUT2D eigenvalue weighted by Crippen LogP contribution is 2.33. The van der Waals surface area contributed by atoms with Crippen molar-refractivity contribution in [2.75, 3.05) is 0 Å². The second-order valence-corrected chi connectivity index (χ2v) is 9.07. The molecule has 13 heteroatoms. The van der Waals surface area contributed by atoms with E-state index in [1.54, 1.807) is 0 Å². The number of rotatable bonds is 4. The molecule has 0 radical (unpaired) electrons. The molecule has 0 fully saturated rings. The standard InChI is InChI=1S/C17H9Cl3N4O5S/c18-10-2-1-9(3-11(10)19)30(27,28)15-5-14-13(4-12(15)20)22-16(23-14)24-7-8(6-21-24)29-17(25)26/h1-7H,(H,22,23)(H,25,26). The van der Waals surface area contributed by atoms with Gasteiger partial charge in [0.2, 0.25) is 15.8 Å². The molecule has 0 saturated carbocycles. The fourth-order valence-electron chi connectivity index (χ4n) is 2.66. The van der Waals surface area contributed by atoms with E-state index in [2.05, 4.69) is 19.8 Å². The molecule has 30 heavy (non-hydrogen) atoms. The van der Waals surface area contributed by atoms with E-state index in [1.165, 1.54) is 47.4 Å². The van der Waals surface area contributed by atoms with E-state index in [1.807, 2.05) is 0 Å². The molecule has 0 bridgehead atoms. The van der Waals surface area contributed by atoms with Crippen LogP contribution >= 0.6 is 34.8 Å². The summed E-state index contributed by atoms with van der Waals surface area (Å²) in [4.78, 5) is 17.6. The van der Waals surface area contributed by atoms with Crippen molar-refractivity contribution in [2.24, 2.45) is 0 Å². The van der Waals surface area contributed by atoms with Gasteiger partial charge in [-0.25, -0.2) is 22.9 Å². The number of H-pyrrole nitrogens is 1. The normalized spacial score (nSPS) is 11.7. The van der Waals surface area contributed by atoms with Gasteiger partial charge in [0.1, 0.15) is 0 Å². The fourth-order valence-corrected chi connectivity index (χ4v) is 4.85. The molecule has 0 aliphatic carbocycles. The van der Waals surface area contributed by atoms with E-state index >= 15 is 0 Å². The number of ether oxygens (including phenoxy) is 1. The fraction of sp³-hybridized carbons (Fsp3) is 0. The number of fused-ring (bicyclic) bond motifs is 1. The summed E-state index contributed by atoms with van der Waals surface area (Å²) < 4.78 is 31.8. The highest BCUT2D eigenvalue weighted by Gasteiger charge is 2.23. The van der Waals surface area contributed by atoms with E-state index in [9.17, 15) is 13.2 Å². The average Bonchev–Trinajstić information content (AvgIpc) is 3.28. The molecule has 9 nitrogen and oxygen atoms in total. The van der Waals surface area contributed by atoms with E-state index in [0.717, 1.165) is 0 Å². The Morgan fingerprint density at radius 1 is 1.10 bits per heavy atom. The predicted octanol–water partition coefficient (Wildman–Crippen LogP) is 4.60. The minimum Gasteiger partial charge on any atom is -0.449 e. The summed E-state index contributed by atoms with van der Waals surface area (Å²) in [5.41, 5.74) is 0.739. The number of aromatic nitrogens is 4. The van der Waals surface area contributed by atoms with Crippen molar-refractivity contribution in [1.29, 1.82) is 0 Å². The predicted molar refractivity (Wildman–Crippen MR) is 109 cm³/mol. The lowest BCUT2D eigenvalue weighted by Gasteiger charge is -2.08. The number of hydrogen-bond acceptors (Lipinski definition) is 6. The second kappa shape index (κ2) is 7.47. The first-order valence-electron chi connectivity index (χ1n) is 8.00. The third-order valence-electron chi connectivity index (χ3n) is 3.99.